The first-order valence-corrected chi connectivity index (χ1v) is 9.53. The standard InChI is InChI=1S/C20H14N4S2/c1-13-11-25-19(23-13)17(9-21)7-15-3-5-16(6-4-15)8-18(10-22)20-24-14(2)12-26-20/h3-8,11-12H,1-2H3. The van der Waals surface area contributed by atoms with Crippen LogP contribution in [-0.2, 0) is 0 Å². The SMILES string of the molecule is Cc1csc(C(C#N)=Cc2ccc(C=C(C#N)c3nc(C)cs3)cc2)n1. The molecular weight excluding hydrogens is 360 g/mol. The predicted octanol–water partition coefficient (Wildman–Crippen LogP) is 5.34. The number of hydrogen-bond donors (Lipinski definition) is 0. The van der Waals surface area contributed by atoms with Crippen LogP contribution in [0.15, 0.2) is 35.0 Å². The second-order valence-corrected chi connectivity index (χ2v) is 7.31. The van der Waals surface area contributed by atoms with Crippen molar-refractivity contribution in [1.82, 2.24) is 9.97 Å². The number of nitriles is 2. The third-order valence-corrected chi connectivity index (χ3v) is 5.49. The number of hydrogen-bond acceptors (Lipinski definition) is 6. The van der Waals surface area contributed by atoms with E-state index in [2.05, 4.69) is 22.1 Å². The Kier molecular flexibility index (Phi) is 5.38. The Morgan fingerprint density at radius 2 is 1.19 bits per heavy atom. The molecule has 3 aromatic rings. The summed E-state index contributed by atoms with van der Waals surface area (Å²) in [5.41, 5.74) is 4.73. The first kappa shape index (κ1) is 17.8. The van der Waals surface area contributed by atoms with Crippen LogP contribution in [0.1, 0.15) is 32.5 Å². The first-order valence-electron chi connectivity index (χ1n) is 7.77. The molecule has 26 heavy (non-hydrogen) atoms. The first-order chi connectivity index (χ1) is 12.6. The quantitative estimate of drug-likeness (QED) is 0.577. The van der Waals surface area contributed by atoms with E-state index in [0.717, 1.165) is 32.5 Å². The largest absolute Gasteiger partial charge is 0.241 e. The number of rotatable bonds is 4. The minimum atomic E-state index is 0.544. The van der Waals surface area contributed by atoms with E-state index in [4.69, 9.17) is 0 Å². The zero-order valence-corrected chi connectivity index (χ0v) is 15.9. The molecule has 0 saturated heterocycles. The Balaban J connectivity index is 1.86. The van der Waals surface area contributed by atoms with Crippen LogP contribution in [0.2, 0.25) is 0 Å². The number of nitrogens with zero attached hydrogens (tertiary/aromatic N) is 4. The van der Waals surface area contributed by atoms with Crippen LogP contribution < -0.4 is 0 Å². The molecule has 1 aromatic carbocycles. The Hall–Kier alpha value is -3.06. The lowest BCUT2D eigenvalue weighted by molar-refractivity contribution is 1.24. The smallest absolute Gasteiger partial charge is 0.134 e. The Morgan fingerprint density at radius 1 is 0.808 bits per heavy atom. The summed E-state index contributed by atoms with van der Waals surface area (Å²) in [7, 11) is 0. The van der Waals surface area contributed by atoms with Gasteiger partial charge in [0.25, 0.3) is 0 Å². The van der Waals surface area contributed by atoms with Crippen molar-refractivity contribution in [2.75, 3.05) is 0 Å². The van der Waals surface area contributed by atoms with Crippen molar-refractivity contribution in [2.45, 2.75) is 13.8 Å². The minimum Gasteiger partial charge on any atom is -0.241 e. The molecule has 2 heterocycles. The van der Waals surface area contributed by atoms with Crippen LogP contribution in [0.5, 0.6) is 0 Å². The van der Waals surface area contributed by atoms with Gasteiger partial charge >= 0.3 is 0 Å². The third kappa shape index (κ3) is 4.12. The van der Waals surface area contributed by atoms with Crippen molar-refractivity contribution in [1.29, 1.82) is 10.5 Å². The van der Waals surface area contributed by atoms with Crippen LogP contribution in [0.3, 0.4) is 0 Å². The molecule has 0 atom stereocenters. The van der Waals surface area contributed by atoms with Gasteiger partial charge in [0.1, 0.15) is 22.2 Å². The third-order valence-electron chi connectivity index (χ3n) is 3.50. The van der Waals surface area contributed by atoms with Gasteiger partial charge < -0.3 is 0 Å². The number of allylic oxidation sites excluding steroid dienone is 2. The van der Waals surface area contributed by atoms with E-state index in [9.17, 15) is 10.5 Å². The molecule has 0 saturated carbocycles. The molecule has 4 nitrogen and oxygen atoms in total. The molecule has 0 aliphatic rings. The molecule has 6 heteroatoms. The number of benzene rings is 1. The van der Waals surface area contributed by atoms with Crippen LogP contribution >= 0.6 is 22.7 Å². The van der Waals surface area contributed by atoms with Gasteiger partial charge in [0, 0.05) is 22.1 Å². The molecule has 0 aliphatic heterocycles. The zero-order valence-electron chi connectivity index (χ0n) is 14.2. The molecule has 0 radical (unpaired) electrons. The molecule has 0 N–H and O–H groups in total. The summed E-state index contributed by atoms with van der Waals surface area (Å²) in [5, 5.41) is 24.1. The lowest BCUT2D eigenvalue weighted by Crippen LogP contribution is -1.83. The van der Waals surface area contributed by atoms with Gasteiger partial charge in [0.05, 0.1) is 11.1 Å². The van der Waals surface area contributed by atoms with Gasteiger partial charge in [-0.15, -0.1) is 22.7 Å². The fourth-order valence-corrected chi connectivity index (χ4v) is 3.79. The summed E-state index contributed by atoms with van der Waals surface area (Å²) in [6.07, 6.45) is 3.64. The van der Waals surface area contributed by atoms with Crippen molar-refractivity contribution in [3.63, 3.8) is 0 Å². The van der Waals surface area contributed by atoms with Gasteiger partial charge in [-0.25, -0.2) is 9.97 Å². The highest BCUT2D eigenvalue weighted by molar-refractivity contribution is 7.11. The van der Waals surface area contributed by atoms with Crippen molar-refractivity contribution in [3.05, 3.63) is 67.6 Å². The minimum absolute atomic E-state index is 0.544. The predicted molar refractivity (Wildman–Crippen MR) is 107 cm³/mol. The van der Waals surface area contributed by atoms with Gasteiger partial charge in [0.2, 0.25) is 0 Å². The van der Waals surface area contributed by atoms with Crippen molar-refractivity contribution in [2.24, 2.45) is 0 Å². The molecule has 0 spiro atoms. The molecule has 126 valence electrons. The number of aromatic nitrogens is 2. The highest BCUT2D eigenvalue weighted by atomic mass is 32.1. The summed E-state index contributed by atoms with van der Waals surface area (Å²) in [6, 6.07) is 12.1. The monoisotopic (exact) mass is 374 g/mol. The van der Waals surface area contributed by atoms with E-state index in [1.54, 1.807) is 0 Å². The topological polar surface area (TPSA) is 73.4 Å². The van der Waals surface area contributed by atoms with E-state index in [1.165, 1.54) is 22.7 Å². The van der Waals surface area contributed by atoms with Crippen LogP contribution in [0, 0.1) is 36.5 Å². The van der Waals surface area contributed by atoms with E-state index in [1.807, 2.05) is 61.0 Å². The second kappa shape index (κ2) is 7.88. The summed E-state index contributed by atoms with van der Waals surface area (Å²) in [6.45, 7) is 3.82. The highest BCUT2D eigenvalue weighted by Gasteiger charge is 2.07. The molecular formula is C20H14N4S2. The summed E-state index contributed by atoms with van der Waals surface area (Å²) in [4.78, 5) is 8.72. The summed E-state index contributed by atoms with van der Waals surface area (Å²) < 4.78 is 0. The van der Waals surface area contributed by atoms with E-state index in [0.29, 0.717) is 11.1 Å². The lowest BCUT2D eigenvalue weighted by Gasteiger charge is -1.99. The van der Waals surface area contributed by atoms with Crippen LogP contribution in [-0.4, -0.2) is 9.97 Å². The Morgan fingerprint density at radius 3 is 1.46 bits per heavy atom. The van der Waals surface area contributed by atoms with Crippen molar-refractivity contribution >= 4 is 46.0 Å². The zero-order chi connectivity index (χ0) is 18.5. The number of aryl methyl sites for hydroxylation is 2. The molecule has 3 rings (SSSR count). The normalized spacial score (nSPS) is 11.8. The summed E-state index contributed by atoms with van der Waals surface area (Å²) in [5.74, 6) is 0. The van der Waals surface area contributed by atoms with Crippen molar-refractivity contribution in [3.8, 4) is 12.1 Å². The van der Waals surface area contributed by atoms with Crippen LogP contribution in [0.4, 0.5) is 0 Å². The highest BCUT2D eigenvalue weighted by Crippen LogP contribution is 2.23. The molecule has 2 aromatic heterocycles. The number of thiazole rings is 2. The average Bonchev–Trinajstić information content (AvgIpc) is 3.27. The van der Waals surface area contributed by atoms with Gasteiger partial charge in [0.15, 0.2) is 0 Å². The summed E-state index contributed by atoms with van der Waals surface area (Å²) >= 11 is 2.92. The van der Waals surface area contributed by atoms with Gasteiger partial charge in [-0.2, -0.15) is 10.5 Å². The Bertz CT molecular complexity index is 983. The van der Waals surface area contributed by atoms with Gasteiger partial charge in [-0.3, -0.25) is 0 Å². The molecule has 0 fully saturated rings. The Labute approximate surface area is 160 Å². The molecule has 0 unspecified atom stereocenters. The van der Waals surface area contributed by atoms with Gasteiger partial charge in [-0.05, 0) is 37.1 Å². The second-order valence-electron chi connectivity index (χ2n) is 5.59. The lowest BCUT2D eigenvalue weighted by atomic mass is 10.1. The molecule has 0 aliphatic carbocycles. The maximum Gasteiger partial charge on any atom is 0.134 e. The van der Waals surface area contributed by atoms with Crippen LogP contribution in [0.25, 0.3) is 23.3 Å². The molecule has 0 bridgehead atoms. The maximum atomic E-state index is 9.38. The maximum absolute atomic E-state index is 9.38. The van der Waals surface area contributed by atoms with E-state index >= 15 is 0 Å². The fraction of sp³-hybridized carbons (Fsp3) is 0.100. The van der Waals surface area contributed by atoms with Gasteiger partial charge in [-0.1, -0.05) is 24.3 Å². The van der Waals surface area contributed by atoms with Crippen molar-refractivity contribution < 1.29 is 0 Å². The average molecular weight is 374 g/mol. The fourth-order valence-electron chi connectivity index (χ4n) is 2.26. The van der Waals surface area contributed by atoms with E-state index < -0.39 is 0 Å². The molecule has 0 amide bonds. The van der Waals surface area contributed by atoms with E-state index in [-0.39, 0.29) is 0 Å².